The van der Waals surface area contributed by atoms with E-state index in [1.807, 2.05) is 30.3 Å². The Bertz CT molecular complexity index is 546. The third-order valence-corrected chi connectivity index (χ3v) is 3.82. The normalized spacial score (nSPS) is 17.4. The van der Waals surface area contributed by atoms with E-state index in [4.69, 9.17) is 0 Å². The van der Waals surface area contributed by atoms with Crippen molar-refractivity contribution in [1.82, 2.24) is 20.3 Å². The molecule has 3 rings (SSSR count). The molecule has 5 heteroatoms. The first-order valence-corrected chi connectivity index (χ1v) is 7.15. The van der Waals surface area contributed by atoms with E-state index in [0.29, 0.717) is 13.1 Å². The summed E-state index contributed by atoms with van der Waals surface area (Å²) in [5.41, 5.74) is 1.32. The van der Waals surface area contributed by atoms with E-state index >= 15 is 0 Å². The highest BCUT2D eigenvalue weighted by Crippen LogP contribution is 2.28. The minimum absolute atomic E-state index is 0.518. The fraction of sp³-hybridized carbons (Fsp3) is 0.467. The molecule has 1 aromatic carbocycles. The Kier molecular flexibility index (Phi) is 3.80. The lowest BCUT2D eigenvalue weighted by atomic mass is 10.0. The molecule has 1 aliphatic rings. The lowest BCUT2D eigenvalue weighted by molar-refractivity contribution is 0.0474. The van der Waals surface area contributed by atoms with Gasteiger partial charge in [-0.3, -0.25) is 0 Å². The molecule has 0 aliphatic heterocycles. The second-order valence-corrected chi connectivity index (χ2v) is 5.50. The van der Waals surface area contributed by atoms with E-state index in [1.165, 1.54) is 0 Å². The third-order valence-electron chi connectivity index (χ3n) is 3.82. The Hall–Kier alpha value is -1.72. The van der Waals surface area contributed by atoms with Crippen LogP contribution < -0.4 is 5.32 Å². The van der Waals surface area contributed by atoms with Crippen molar-refractivity contribution in [2.24, 2.45) is 0 Å². The fourth-order valence-electron chi connectivity index (χ4n) is 2.69. The van der Waals surface area contributed by atoms with Gasteiger partial charge in [0.25, 0.3) is 0 Å². The van der Waals surface area contributed by atoms with Gasteiger partial charge in [0.05, 0.1) is 23.2 Å². The molecule has 2 N–H and O–H groups in total. The summed E-state index contributed by atoms with van der Waals surface area (Å²) in [4.78, 5) is 1.63. The summed E-state index contributed by atoms with van der Waals surface area (Å²) in [5, 5.41) is 22.2. The van der Waals surface area contributed by atoms with Gasteiger partial charge in [-0.25, -0.2) is 0 Å². The Labute approximate surface area is 118 Å². The van der Waals surface area contributed by atoms with E-state index in [9.17, 15) is 5.11 Å². The predicted molar refractivity (Wildman–Crippen MR) is 76.5 cm³/mol. The molecule has 5 nitrogen and oxygen atoms in total. The van der Waals surface area contributed by atoms with Gasteiger partial charge in [0.15, 0.2) is 0 Å². The number of aliphatic hydroxyl groups is 1. The molecule has 1 heterocycles. The molecule has 0 atom stereocenters. The molecule has 1 fully saturated rings. The second-order valence-electron chi connectivity index (χ2n) is 5.50. The maximum Gasteiger partial charge on any atom is 0.0969 e. The van der Waals surface area contributed by atoms with Gasteiger partial charge < -0.3 is 10.4 Å². The molecule has 0 amide bonds. The van der Waals surface area contributed by atoms with Gasteiger partial charge in [-0.15, -0.1) is 0 Å². The maximum absolute atomic E-state index is 10.2. The molecule has 0 unspecified atom stereocenters. The number of hydrogen-bond acceptors (Lipinski definition) is 4. The van der Waals surface area contributed by atoms with Crippen molar-refractivity contribution >= 4 is 0 Å². The average molecular weight is 272 g/mol. The molecule has 0 bridgehead atoms. The van der Waals surface area contributed by atoms with Crippen molar-refractivity contribution in [3.8, 4) is 5.69 Å². The van der Waals surface area contributed by atoms with Crippen LogP contribution in [0.15, 0.2) is 36.5 Å². The van der Waals surface area contributed by atoms with Crippen LogP contribution in [0.5, 0.6) is 0 Å². The van der Waals surface area contributed by atoms with Gasteiger partial charge in [-0.1, -0.05) is 31.0 Å². The van der Waals surface area contributed by atoms with Crippen LogP contribution in [0.4, 0.5) is 0 Å². The zero-order chi connectivity index (χ0) is 13.8. The van der Waals surface area contributed by atoms with Crippen molar-refractivity contribution < 1.29 is 5.11 Å². The van der Waals surface area contributed by atoms with E-state index in [1.54, 1.807) is 11.0 Å². The smallest absolute Gasteiger partial charge is 0.0969 e. The third kappa shape index (κ3) is 3.05. The zero-order valence-corrected chi connectivity index (χ0v) is 11.5. The summed E-state index contributed by atoms with van der Waals surface area (Å²) >= 11 is 0. The van der Waals surface area contributed by atoms with Gasteiger partial charge in [0.1, 0.15) is 0 Å². The lowest BCUT2D eigenvalue weighted by Gasteiger charge is -2.21. The van der Waals surface area contributed by atoms with Crippen LogP contribution in [0.2, 0.25) is 0 Å². The molecule has 1 aromatic heterocycles. The fourth-order valence-corrected chi connectivity index (χ4v) is 2.69. The highest BCUT2D eigenvalue weighted by molar-refractivity contribution is 5.28. The Morgan fingerprint density at radius 2 is 1.95 bits per heavy atom. The number of rotatable bonds is 5. The SMILES string of the molecule is OC1(CNCc2cnn(-c3ccccc3)n2)CCCC1. The maximum atomic E-state index is 10.2. The first-order chi connectivity index (χ1) is 9.75. The van der Waals surface area contributed by atoms with Crippen molar-refractivity contribution in [2.45, 2.75) is 37.8 Å². The first kappa shape index (κ1) is 13.3. The Balaban J connectivity index is 1.55. The number of para-hydroxylation sites is 1. The van der Waals surface area contributed by atoms with Crippen molar-refractivity contribution in [3.05, 3.63) is 42.2 Å². The predicted octanol–water partition coefficient (Wildman–Crippen LogP) is 1.66. The standard InChI is InChI=1S/C15H20N4O/c20-15(8-4-5-9-15)12-16-10-13-11-17-19(18-13)14-6-2-1-3-7-14/h1-3,6-7,11,16,20H,4-5,8-10,12H2. The van der Waals surface area contributed by atoms with Crippen LogP contribution in [-0.4, -0.2) is 32.2 Å². The second kappa shape index (κ2) is 5.73. The first-order valence-electron chi connectivity index (χ1n) is 7.15. The van der Waals surface area contributed by atoms with E-state index in [2.05, 4.69) is 15.5 Å². The van der Waals surface area contributed by atoms with Crippen molar-refractivity contribution in [3.63, 3.8) is 0 Å². The molecule has 0 radical (unpaired) electrons. The molecule has 106 valence electrons. The molecule has 0 saturated heterocycles. The van der Waals surface area contributed by atoms with Crippen molar-refractivity contribution in [2.75, 3.05) is 6.54 Å². The number of benzene rings is 1. The van der Waals surface area contributed by atoms with Gasteiger partial charge in [0, 0.05) is 13.1 Å². The molecule has 20 heavy (non-hydrogen) atoms. The molecule has 1 saturated carbocycles. The topological polar surface area (TPSA) is 63.0 Å². The van der Waals surface area contributed by atoms with Gasteiger partial charge in [-0.2, -0.15) is 15.0 Å². The van der Waals surface area contributed by atoms with Gasteiger partial charge >= 0.3 is 0 Å². The minimum atomic E-state index is -0.518. The molecule has 1 aliphatic carbocycles. The van der Waals surface area contributed by atoms with Crippen LogP contribution in [0, 0.1) is 0 Å². The number of aromatic nitrogens is 3. The monoisotopic (exact) mass is 272 g/mol. The number of nitrogens with zero attached hydrogens (tertiary/aromatic N) is 3. The van der Waals surface area contributed by atoms with E-state index in [0.717, 1.165) is 37.1 Å². The number of hydrogen-bond donors (Lipinski definition) is 2. The average Bonchev–Trinajstić information content (AvgIpc) is 3.10. The summed E-state index contributed by atoms with van der Waals surface area (Å²) in [5.74, 6) is 0. The van der Waals surface area contributed by atoms with Gasteiger partial charge in [0.2, 0.25) is 0 Å². The molecule has 0 spiro atoms. The highest BCUT2D eigenvalue weighted by Gasteiger charge is 2.30. The minimum Gasteiger partial charge on any atom is -0.389 e. The van der Waals surface area contributed by atoms with Crippen LogP contribution in [0.3, 0.4) is 0 Å². The highest BCUT2D eigenvalue weighted by atomic mass is 16.3. The van der Waals surface area contributed by atoms with Crippen LogP contribution in [-0.2, 0) is 6.54 Å². The summed E-state index contributed by atoms with van der Waals surface area (Å²) < 4.78 is 0. The van der Waals surface area contributed by atoms with Crippen LogP contribution >= 0.6 is 0 Å². The molecular formula is C15H20N4O. The molecular weight excluding hydrogens is 252 g/mol. The van der Waals surface area contributed by atoms with E-state index < -0.39 is 5.60 Å². The Morgan fingerprint density at radius 3 is 2.70 bits per heavy atom. The van der Waals surface area contributed by atoms with Crippen LogP contribution in [0.25, 0.3) is 5.69 Å². The zero-order valence-electron chi connectivity index (χ0n) is 11.5. The van der Waals surface area contributed by atoms with E-state index in [-0.39, 0.29) is 0 Å². The number of nitrogens with one attached hydrogen (secondary N) is 1. The van der Waals surface area contributed by atoms with Crippen LogP contribution in [0.1, 0.15) is 31.4 Å². The van der Waals surface area contributed by atoms with Gasteiger partial charge in [-0.05, 0) is 25.0 Å². The molecule has 2 aromatic rings. The summed E-state index contributed by atoms with van der Waals surface area (Å²) in [6, 6.07) is 9.84. The quantitative estimate of drug-likeness (QED) is 0.869. The van der Waals surface area contributed by atoms with Crippen molar-refractivity contribution in [1.29, 1.82) is 0 Å². The lowest BCUT2D eigenvalue weighted by Crippen LogP contribution is -2.37. The Morgan fingerprint density at radius 1 is 1.20 bits per heavy atom. The summed E-state index contributed by atoms with van der Waals surface area (Å²) in [6.45, 7) is 1.26. The largest absolute Gasteiger partial charge is 0.389 e. The summed E-state index contributed by atoms with van der Waals surface area (Å²) in [6.07, 6.45) is 5.82. The summed E-state index contributed by atoms with van der Waals surface area (Å²) in [7, 11) is 0.